The maximum absolute atomic E-state index is 13.7. The molecule has 0 saturated carbocycles. The minimum absolute atomic E-state index is 0.250. The first-order chi connectivity index (χ1) is 19.0. The van der Waals surface area contributed by atoms with Crippen LogP contribution >= 0.6 is 0 Å². The summed E-state index contributed by atoms with van der Waals surface area (Å²) < 4.78 is 20.1. The Labute approximate surface area is 231 Å². The largest absolute Gasteiger partial charge is 0.361 e. The van der Waals surface area contributed by atoms with Crippen molar-refractivity contribution in [2.75, 3.05) is 13.1 Å². The number of hydrogen-bond acceptors (Lipinski definition) is 3. The first-order valence-corrected chi connectivity index (χ1v) is 14.2. The highest BCUT2D eigenvalue weighted by Gasteiger charge is 2.41. The third kappa shape index (κ3) is 6.08. The number of ether oxygens (including phenoxy) is 1. The van der Waals surface area contributed by atoms with Crippen LogP contribution in [0.2, 0.25) is 0 Å². The molecule has 0 aliphatic carbocycles. The van der Waals surface area contributed by atoms with Crippen LogP contribution in [0.5, 0.6) is 0 Å². The van der Waals surface area contributed by atoms with Gasteiger partial charge in [-0.2, -0.15) is 5.26 Å². The highest BCUT2D eigenvalue weighted by Crippen LogP contribution is 2.45. The fourth-order valence-electron chi connectivity index (χ4n) is 5.95. The van der Waals surface area contributed by atoms with Crippen molar-refractivity contribution in [1.29, 1.82) is 5.26 Å². The van der Waals surface area contributed by atoms with E-state index in [1.54, 1.807) is 0 Å². The Morgan fingerprint density at radius 2 is 1.85 bits per heavy atom. The topological polar surface area (TPSA) is 60.8 Å². The lowest BCUT2D eigenvalue weighted by molar-refractivity contribution is -0.0133. The van der Waals surface area contributed by atoms with Gasteiger partial charge in [-0.25, -0.2) is 4.39 Å². The molecule has 2 heterocycles. The van der Waals surface area contributed by atoms with Crippen LogP contribution in [-0.4, -0.2) is 18.1 Å². The van der Waals surface area contributed by atoms with Crippen molar-refractivity contribution in [2.24, 2.45) is 5.92 Å². The fraction of sp³-hybridized carbons (Fsp3) is 0.382. The van der Waals surface area contributed by atoms with Crippen LogP contribution in [0.3, 0.4) is 0 Å². The third-order valence-corrected chi connectivity index (χ3v) is 7.86. The summed E-state index contributed by atoms with van der Waals surface area (Å²) in [7, 11) is 0. The molecule has 0 saturated heterocycles. The predicted molar refractivity (Wildman–Crippen MR) is 155 cm³/mol. The van der Waals surface area contributed by atoms with Gasteiger partial charge >= 0.3 is 0 Å². The smallest absolute Gasteiger partial charge is 0.123 e. The van der Waals surface area contributed by atoms with Crippen molar-refractivity contribution in [3.8, 4) is 6.07 Å². The van der Waals surface area contributed by atoms with Gasteiger partial charge in [0.15, 0.2) is 0 Å². The van der Waals surface area contributed by atoms with E-state index in [1.807, 2.05) is 30.3 Å². The lowest BCUT2D eigenvalue weighted by atomic mass is 9.81. The van der Waals surface area contributed by atoms with Crippen LogP contribution in [0.15, 0.2) is 66.9 Å². The molecule has 202 valence electrons. The summed E-state index contributed by atoms with van der Waals surface area (Å²) in [6, 6.07) is 21.5. The molecule has 0 bridgehead atoms. The molecule has 1 atom stereocenters. The Balaban J connectivity index is 1.13. The quantitative estimate of drug-likeness (QED) is 0.189. The van der Waals surface area contributed by atoms with Crippen LogP contribution in [-0.2, 0) is 29.8 Å². The molecular formula is C34H38FN3O. The molecule has 0 amide bonds. The highest BCUT2D eigenvalue weighted by atomic mass is 19.1. The minimum atomic E-state index is -0.596. The highest BCUT2D eigenvalue weighted by molar-refractivity contribution is 5.83. The number of aromatic amines is 1. The van der Waals surface area contributed by atoms with Gasteiger partial charge in [-0.1, -0.05) is 38.1 Å². The van der Waals surface area contributed by atoms with E-state index in [9.17, 15) is 9.65 Å². The Bertz CT molecular complexity index is 1450. The minimum Gasteiger partial charge on any atom is -0.361 e. The number of halogens is 1. The summed E-state index contributed by atoms with van der Waals surface area (Å²) in [5.41, 5.74) is 7.18. The zero-order valence-electron chi connectivity index (χ0n) is 23.0. The molecule has 1 aliphatic rings. The third-order valence-electron chi connectivity index (χ3n) is 7.86. The molecule has 1 unspecified atom stereocenters. The molecule has 0 spiro atoms. The van der Waals surface area contributed by atoms with E-state index in [4.69, 9.17) is 4.74 Å². The molecule has 3 aromatic carbocycles. The molecule has 1 aromatic heterocycles. The van der Waals surface area contributed by atoms with Gasteiger partial charge < -0.3 is 15.0 Å². The Kier molecular flexibility index (Phi) is 8.45. The van der Waals surface area contributed by atoms with Crippen LogP contribution in [0, 0.1) is 23.1 Å². The Morgan fingerprint density at radius 1 is 1.03 bits per heavy atom. The molecule has 1 aliphatic heterocycles. The van der Waals surface area contributed by atoms with E-state index < -0.39 is 5.60 Å². The monoisotopic (exact) mass is 523 g/mol. The molecule has 0 fully saturated rings. The summed E-state index contributed by atoms with van der Waals surface area (Å²) in [5, 5.41) is 14.3. The molecule has 0 radical (unpaired) electrons. The number of unbranched alkanes of at least 4 members (excludes halogenated alkanes) is 1. The van der Waals surface area contributed by atoms with Crippen LogP contribution < -0.4 is 5.32 Å². The van der Waals surface area contributed by atoms with Gasteiger partial charge in [0.05, 0.1) is 18.2 Å². The molecule has 4 aromatic rings. The van der Waals surface area contributed by atoms with Crippen molar-refractivity contribution < 1.29 is 9.13 Å². The lowest BCUT2D eigenvalue weighted by Crippen LogP contribution is -2.27. The lowest BCUT2D eigenvalue weighted by Gasteiger charge is -2.30. The number of nitriles is 1. The maximum Gasteiger partial charge on any atom is 0.123 e. The van der Waals surface area contributed by atoms with Gasteiger partial charge in [-0.05, 0) is 122 Å². The standard InChI is InChI=1S/C34H38FN3O/c1-24(2)18-25-8-14-33-31(20-25)27(22-38-33)6-5-17-37-16-4-3-15-34(29-9-11-30(35)12-10-29)32-13-7-26(21-36)19-28(32)23-39-34/h7-14,19-20,22,24,37-38H,3-6,15-18,23H2,1-2H3. The second kappa shape index (κ2) is 12.2. The number of hydrogen-bond donors (Lipinski definition) is 2. The number of nitrogens with zero attached hydrogens (tertiary/aromatic N) is 1. The molecule has 5 heteroatoms. The zero-order chi connectivity index (χ0) is 27.2. The summed E-state index contributed by atoms with van der Waals surface area (Å²) in [4.78, 5) is 3.43. The zero-order valence-corrected chi connectivity index (χ0v) is 23.0. The van der Waals surface area contributed by atoms with E-state index >= 15 is 0 Å². The summed E-state index contributed by atoms with van der Waals surface area (Å²) >= 11 is 0. The Morgan fingerprint density at radius 3 is 2.64 bits per heavy atom. The van der Waals surface area contributed by atoms with Crippen molar-refractivity contribution >= 4 is 10.9 Å². The number of fused-ring (bicyclic) bond motifs is 2. The summed E-state index contributed by atoms with van der Waals surface area (Å²) in [5.74, 6) is 0.408. The number of aromatic nitrogens is 1. The summed E-state index contributed by atoms with van der Waals surface area (Å²) in [6.07, 6.45) is 8.25. The van der Waals surface area contributed by atoms with Crippen LogP contribution in [0.4, 0.5) is 4.39 Å². The van der Waals surface area contributed by atoms with Crippen molar-refractivity contribution in [1.82, 2.24) is 10.3 Å². The van der Waals surface area contributed by atoms with Crippen molar-refractivity contribution in [3.05, 3.63) is 106 Å². The number of H-pyrrole nitrogens is 1. The van der Waals surface area contributed by atoms with E-state index in [0.29, 0.717) is 18.1 Å². The second-order valence-corrected chi connectivity index (χ2v) is 11.2. The summed E-state index contributed by atoms with van der Waals surface area (Å²) in [6.45, 7) is 6.93. The van der Waals surface area contributed by atoms with Gasteiger partial charge in [-0.15, -0.1) is 0 Å². The van der Waals surface area contributed by atoms with E-state index in [0.717, 1.165) is 68.3 Å². The first-order valence-electron chi connectivity index (χ1n) is 14.2. The molecular weight excluding hydrogens is 485 g/mol. The van der Waals surface area contributed by atoms with Gasteiger partial charge in [0.2, 0.25) is 0 Å². The maximum atomic E-state index is 13.7. The van der Waals surface area contributed by atoms with E-state index in [1.165, 1.54) is 34.2 Å². The van der Waals surface area contributed by atoms with E-state index in [-0.39, 0.29) is 5.82 Å². The predicted octanol–water partition coefficient (Wildman–Crippen LogP) is 7.54. The average Bonchev–Trinajstić information content (AvgIpc) is 3.51. The average molecular weight is 524 g/mol. The number of aryl methyl sites for hydroxylation is 1. The van der Waals surface area contributed by atoms with Gasteiger partial charge in [0.25, 0.3) is 0 Å². The first kappa shape index (κ1) is 27.1. The normalized spacial score (nSPS) is 16.6. The number of nitrogens with one attached hydrogen (secondary N) is 2. The van der Waals surface area contributed by atoms with Crippen LogP contribution in [0.25, 0.3) is 10.9 Å². The van der Waals surface area contributed by atoms with Crippen molar-refractivity contribution in [3.63, 3.8) is 0 Å². The van der Waals surface area contributed by atoms with Gasteiger partial charge in [0, 0.05) is 17.1 Å². The molecule has 5 rings (SSSR count). The SMILES string of the molecule is CC(C)Cc1ccc2[nH]cc(CCCNCCCCC3(c4ccc(F)cc4)OCc4cc(C#N)ccc43)c2c1. The molecule has 4 nitrogen and oxygen atoms in total. The molecule has 39 heavy (non-hydrogen) atoms. The van der Waals surface area contributed by atoms with Crippen molar-refractivity contribution in [2.45, 2.75) is 64.6 Å². The van der Waals surface area contributed by atoms with Crippen LogP contribution in [0.1, 0.15) is 72.9 Å². The fourth-order valence-corrected chi connectivity index (χ4v) is 5.95. The Hall–Kier alpha value is -3.46. The number of benzene rings is 3. The van der Waals surface area contributed by atoms with Gasteiger partial charge in [-0.3, -0.25) is 0 Å². The molecule has 2 N–H and O–H groups in total. The van der Waals surface area contributed by atoms with Gasteiger partial charge in [0.1, 0.15) is 11.4 Å². The van der Waals surface area contributed by atoms with E-state index in [2.05, 4.69) is 54.6 Å². The number of rotatable bonds is 12. The second-order valence-electron chi connectivity index (χ2n) is 11.2.